The zero-order valence-corrected chi connectivity index (χ0v) is 19.6. The molecule has 34 heavy (non-hydrogen) atoms. The van der Waals surface area contributed by atoms with Gasteiger partial charge in [-0.25, -0.2) is 19.2 Å². The number of carbonyl (C=O) groups excluding carboxylic acids is 1. The summed E-state index contributed by atoms with van der Waals surface area (Å²) in [5, 5.41) is 3.11. The number of amides is 2. The smallest absolute Gasteiger partial charge is 0.333 e. The van der Waals surface area contributed by atoms with E-state index in [1.165, 1.54) is 12.1 Å². The Morgan fingerprint density at radius 1 is 1.32 bits per heavy atom. The number of rotatable bonds is 4. The second-order valence-corrected chi connectivity index (χ2v) is 9.54. The average Bonchev–Trinajstić information content (AvgIpc) is 3.14. The summed E-state index contributed by atoms with van der Waals surface area (Å²) < 4.78 is 52.7. The third-order valence-electron chi connectivity index (χ3n) is 6.51. The molecular formula is C23H26ClF4N5O. The van der Waals surface area contributed by atoms with Crippen LogP contribution in [0.4, 0.5) is 22.4 Å². The minimum Gasteiger partial charge on any atom is -0.333 e. The van der Waals surface area contributed by atoms with E-state index in [-0.39, 0.29) is 41.8 Å². The van der Waals surface area contributed by atoms with Gasteiger partial charge in [0.1, 0.15) is 11.6 Å². The molecule has 0 radical (unpaired) electrons. The van der Waals surface area contributed by atoms with Crippen molar-refractivity contribution in [1.82, 2.24) is 25.1 Å². The molecule has 6 nitrogen and oxygen atoms in total. The van der Waals surface area contributed by atoms with E-state index < -0.39 is 17.9 Å². The number of aromatic nitrogens is 2. The molecule has 184 valence electrons. The van der Waals surface area contributed by atoms with Crippen molar-refractivity contribution >= 4 is 17.6 Å². The molecular weight excluding hydrogens is 474 g/mol. The summed E-state index contributed by atoms with van der Waals surface area (Å²) in [6, 6.07) is 4.18. The van der Waals surface area contributed by atoms with Crippen LogP contribution in [-0.2, 0) is 19.4 Å². The number of likely N-dealkylation sites (tertiary alicyclic amines) is 1. The van der Waals surface area contributed by atoms with Crippen molar-refractivity contribution in [3.8, 4) is 0 Å². The van der Waals surface area contributed by atoms with Crippen molar-refractivity contribution in [3.05, 3.63) is 57.9 Å². The van der Waals surface area contributed by atoms with Gasteiger partial charge in [0, 0.05) is 38.2 Å². The first kappa shape index (κ1) is 24.7. The fourth-order valence-corrected chi connectivity index (χ4v) is 4.60. The Balaban J connectivity index is 1.44. The molecule has 3 heterocycles. The van der Waals surface area contributed by atoms with Crippen molar-refractivity contribution in [1.29, 1.82) is 0 Å². The lowest BCUT2D eigenvalue weighted by Crippen LogP contribution is -2.49. The maximum Gasteiger partial charge on any atom is 0.391 e. The Bertz CT molecular complexity index is 1070. The highest BCUT2D eigenvalue weighted by molar-refractivity contribution is 6.30. The number of carbonyl (C=O) groups is 1. The van der Waals surface area contributed by atoms with Gasteiger partial charge in [-0.1, -0.05) is 24.6 Å². The molecule has 1 unspecified atom stereocenters. The van der Waals surface area contributed by atoms with Gasteiger partial charge in [0.2, 0.25) is 0 Å². The molecule has 0 bridgehead atoms. The van der Waals surface area contributed by atoms with Gasteiger partial charge >= 0.3 is 12.2 Å². The Labute approximate surface area is 200 Å². The van der Waals surface area contributed by atoms with Crippen LogP contribution in [0.1, 0.15) is 35.5 Å². The Morgan fingerprint density at radius 3 is 2.79 bits per heavy atom. The molecule has 1 N–H and O–H groups in total. The fraction of sp³-hybridized carbons (Fsp3) is 0.522. The lowest BCUT2D eigenvalue weighted by atomic mass is 9.94. The summed E-state index contributed by atoms with van der Waals surface area (Å²) in [7, 11) is 1.93. The van der Waals surface area contributed by atoms with Crippen LogP contribution in [0.25, 0.3) is 0 Å². The van der Waals surface area contributed by atoms with Gasteiger partial charge in [-0.3, -0.25) is 0 Å². The highest BCUT2D eigenvalue weighted by Crippen LogP contribution is 2.30. The van der Waals surface area contributed by atoms with Gasteiger partial charge in [0.25, 0.3) is 0 Å². The monoisotopic (exact) mass is 499 g/mol. The first-order chi connectivity index (χ1) is 16.0. The van der Waals surface area contributed by atoms with E-state index in [0.717, 1.165) is 18.1 Å². The molecule has 11 heteroatoms. The maximum absolute atomic E-state index is 14.0. The third kappa shape index (κ3) is 5.43. The zero-order valence-electron chi connectivity index (χ0n) is 18.9. The second kappa shape index (κ2) is 9.65. The standard InChI is InChI=1S/C23H26ClF4N5O/c1-13(23(26,27)28)7-21-29-9-15-5-6-33(12-19(15)30-21)22(34)31-20-11-32(2)10-16(20)14-3-4-17(24)18(25)8-14/h3-4,8-9,13,16,20H,5-7,10-12H2,1-2H3,(H,31,34)/t13-,16+,20?/m1/s1. The molecule has 2 aliphatic rings. The largest absolute Gasteiger partial charge is 0.391 e. The summed E-state index contributed by atoms with van der Waals surface area (Å²) in [5.41, 5.74) is 2.17. The number of nitrogens with zero attached hydrogens (tertiary/aromatic N) is 4. The molecule has 1 aromatic heterocycles. The van der Waals surface area contributed by atoms with E-state index in [2.05, 4.69) is 20.2 Å². The number of benzene rings is 1. The van der Waals surface area contributed by atoms with E-state index in [9.17, 15) is 22.4 Å². The lowest BCUT2D eigenvalue weighted by molar-refractivity contribution is -0.169. The van der Waals surface area contributed by atoms with E-state index in [1.54, 1.807) is 17.2 Å². The number of hydrogen-bond acceptors (Lipinski definition) is 4. The molecule has 0 saturated carbocycles. The van der Waals surface area contributed by atoms with Crippen LogP contribution in [0.15, 0.2) is 24.4 Å². The van der Waals surface area contributed by atoms with Gasteiger partial charge in [-0.2, -0.15) is 13.2 Å². The van der Waals surface area contributed by atoms with Gasteiger partial charge in [0.15, 0.2) is 0 Å². The van der Waals surface area contributed by atoms with Gasteiger partial charge in [0.05, 0.1) is 29.2 Å². The average molecular weight is 500 g/mol. The first-order valence-corrected chi connectivity index (χ1v) is 11.5. The number of hydrogen-bond donors (Lipinski definition) is 1. The minimum absolute atomic E-state index is 0.0497. The molecule has 4 rings (SSSR count). The Morgan fingerprint density at radius 2 is 2.09 bits per heavy atom. The van der Waals surface area contributed by atoms with Gasteiger partial charge in [-0.05, 0) is 36.7 Å². The molecule has 3 atom stereocenters. The Kier molecular flexibility index (Phi) is 7.00. The van der Waals surface area contributed by atoms with E-state index in [4.69, 9.17) is 11.6 Å². The third-order valence-corrected chi connectivity index (χ3v) is 6.82. The molecule has 2 amide bonds. The van der Waals surface area contributed by atoms with Crippen molar-refractivity contribution < 1.29 is 22.4 Å². The number of fused-ring (bicyclic) bond motifs is 1. The van der Waals surface area contributed by atoms with E-state index in [0.29, 0.717) is 31.7 Å². The fourth-order valence-electron chi connectivity index (χ4n) is 4.48. The summed E-state index contributed by atoms with van der Waals surface area (Å²) in [6.07, 6.45) is -2.54. The SMILES string of the molecule is C[C@H](Cc1ncc2c(n1)CN(C(=O)NC1CN(C)C[C@H]1c1ccc(Cl)c(F)c1)CC2)C(F)(F)F. The summed E-state index contributed by atoms with van der Waals surface area (Å²) >= 11 is 5.81. The molecule has 0 spiro atoms. The zero-order chi connectivity index (χ0) is 24.6. The number of urea groups is 1. The second-order valence-electron chi connectivity index (χ2n) is 9.13. The summed E-state index contributed by atoms with van der Waals surface area (Å²) in [5.74, 6) is -2.03. The van der Waals surface area contributed by atoms with Gasteiger partial charge < -0.3 is 15.1 Å². The predicted molar refractivity (Wildman–Crippen MR) is 119 cm³/mol. The molecule has 0 aliphatic carbocycles. The molecule has 2 aliphatic heterocycles. The van der Waals surface area contributed by atoms with Crippen LogP contribution < -0.4 is 5.32 Å². The van der Waals surface area contributed by atoms with Crippen molar-refractivity contribution in [2.45, 2.75) is 44.4 Å². The van der Waals surface area contributed by atoms with Crippen LogP contribution in [0.3, 0.4) is 0 Å². The van der Waals surface area contributed by atoms with Crippen LogP contribution >= 0.6 is 11.6 Å². The van der Waals surface area contributed by atoms with Crippen LogP contribution in [0, 0.1) is 11.7 Å². The summed E-state index contributed by atoms with van der Waals surface area (Å²) in [6.45, 7) is 3.00. The van der Waals surface area contributed by atoms with Crippen LogP contribution in [0.5, 0.6) is 0 Å². The first-order valence-electron chi connectivity index (χ1n) is 11.1. The van der Waals surface area contributed by atoms with Crippen molar-refractivity contribution in [2.24, 2.45) is 5.92 Å². The van der Waals surface area contributed by atoms with E-state index in [1.807, 2.05) is 7.05 Å². The Hall–Kier alpha value is -2.46. The number of likely N-dealkylation sites (N-methyl/N-ethyl adjacent to an activating group) is 1. The summed E-state index contributed by atoms with van der Waals surface area (Å²) in [4.78, 5) is 25.2. The molecule has 2 aromatic rings. The predicted octanol–water partition coefficient (Wildman–Crippen LogP) is 4.18. The van der Waals surface area contributed by atoms with E-state index >= 15 is 0 Å². The maximum atomic E-state index is 14.0. The quantitative estimate of drug-likeness (QED) is 0.641. The lowest BCUT2D eigenvalue weighted by Gasteiger charge is -2.30. The van der Waals surface area contributed by atoms with Crippen LogP contribution in [-0.4, -0.2) is 64.7 Å². The highest BCUT2D eigenvalue weighted by Gasteiger charge is 2.37. The van der Waals surface area contributed by atoms with Crippen molar-refractivity contribution in [3.63, 3.8) is 0 Å². The van der Waals surface area contributed by atoms with Crippen molar-refractivity contribution in [2.75, 3.05) is 26.7 Å². The topological polar surface area (TPSA) is 61.4 Å². The molecule has 1 aromatic carbocycles. The normalized spacial score (nSPS) is 21.9. The number of alkyl halides is 3. The molecule has 1 fully saturated rings. The molecule has 1 saturated heterocycles. The van der Waals surface area contributed by atoms with Crippen LogP contribution in [0.2, 0.25) is 5.02 Å². The van der Waals surface area contributed by atoms with Gasteiger partial charge in [-0.15, -0.1) is 0 Å². The number of nitrogens with one attached hydrogen (secondary N) is 1. The highest BCUT2D eigenvalue weighted by atomic mass is 35.5. The number of halogens is 5. The minimum atomic E-state index is -4.32.